The van der Waals surface area contributed by atoms with Crippen LogP contribution in [0.15, 0.2) is 18.2 Å². The Hall–Kier alpha value is -2.48. The highest BCUT2D eigenvalue weighted by molar-refractivity contribution is 7.71. The smallest absolute Gasteiger partial charge is 0.261 e. The summed E-state index contributed by atoms with van der Waals surface area (Å²) in [5, 5.41) is 6.36. The Balaban J connectivity index is 2.22. The molecule has 1 aromatic heterocycles. The molecule has 96 valence electrons. The number of rotatable bonds is 1. The Labute approximate surface area is 112 Å². The van der Waals surface area contributed by atoms with Crippen molar-refractivity contribution in [3.05, 3.63) is 34.1 Å². The van der Waals surface area contributed by atoms with Gasteiger partial charge in [-0.3, -0.25) is 19.1 Å². The van der Waals surface area contributed by atoms with Gasteiger partial charge in [0.05, 0.1) is 16.8 Å². The van der Waals surface area contributed by atoms with Crippen LogP contribution in [-0.4, -0.2) is 38.5 Å². The summed E-state index contributed by atoms with van der Waals surface area (Å²) in [6.45, 7) is 0. The number of hydrogen-bond donors (Lipinski definition) is 2. The van der Waals surface area contributed by atoms with E-state index in [2.05, 4.69) is 10.2 Å². The molecule has 2 amide bonds. The van der Waals surface area contributed by atoms with Crippen LogP contribution in [0.3, 0.4) is 0 Å². The molecule has 3 rings (SSSR count). The Morgan fingerprint density at radius 1 is 1.26 bits per heavy atom. The molecule has 19 heavy (non-hydrogen) atoms. The fraction of sp³-hybridized carbons (Fsp3) is 0.0909. The Bertz CT molecular complexity index is 776. The molecule has 3 N–H and O–H groups in total. The number of nitrogens with one attached hydrogen (secondary N) is 1. The molecule has 1 aromatic carbocycles. The van der Waals surface area contributed by atoms with Gasteiger partial charge in [0.25, 0.3) is 11.8 Å². The minimum absolute atomic E-state index is 0.190. The standard InChI is InChI=1S/C11H9N5O2S/c1-15-8(17)6-3-2-5(4-7(6)9(15)18)16-10(12)13-14-11(16)19/h2-4H,1H3,(H2,12,13)(H,14,19). The van der Waals surface area contributed by atoms with Crippen LogP contribution in [0.2, 0.25) is 0 Å². The zero-order chi connectivity index (χ0) is 13.7. The lowest BCUT2D eigenvalue weighted by atomic mass is 10.1. The van der Waals surface area contributed by atoms with Crippen molar-refractivity contribution in [3.63, 3.8) is 0 Å². The molecule has 0 unspecified atom stereocenters. The van der Waals surface area contributed by atoms with E-state index in [0.717, 1.165) is 4.90 Å². The van der Waals surface area contributed by atoms with Crippen LogP contribution in [-0.2, 0) is 0 Å². The highest BCUT2D eigenvalue weighted by Crippen LogP contribution is 2.25. The van der Waals surface area contributed by atoms with Crippen molar-refractivity contribution in [2.75, 3.05) is 12.8 Å². The predicted molar refractivity (Wildman–Crippen MR) is 69.6 cm³/mol. The molecule has 1 aliphatic rings. The molecule has 7 nitrogen and oxygen atoms in total. The molecular formula is C11H9N5O2S. The van der Waals surface area contributed by atoms with E-state index in [-0.39, 0.29) is 17.8 Å². The van der Waals surface area contributed by atoms with E-state index in [4.69, 9.17) is 18.0 Å². The highest BCUT2D eigenvalue weighted by atomic mass is 32.1. The lowest BCUT2D eigenvalue weighted by Crippen LogP contribution is -2.24. The lowest BCUT2D eigenvalue weighted by molar-refractivity contribution is 0.0693. The van der Waals surface area contributed by atoms with E-state index in [1.807, 2.05) is 0 Å². The number of hydrogen-bond acceptors (Lipinski definition) is 5. The fourth-order valence-corrected chi connectivity index (χ4v) is 2.29. The third kappa shape index (κ3) is 1.50. The normalized spacial score (nSPS) is 14.1. The van der Waals surface area contributed by atoms with Gasteiger partial charge in [-0.25, -0.2) is 5.10 Å². The number of nitrogen functional groups attached to an aromatic ring is 1. The van der Waals surface area contributed by atoms with E-state index < -0.39 is 0 Å². The van der Waals surface area contributed by atoms with Gasteiger partial charge in [0.15, 0.2) is 0 Å². The zero-order valence-corrected chi connectivity index (χ0v) is 10.7. The first kappa shape index (κ1) is 11.6. The maximum absolute atomic E-state index is 11.9. The summed E-state index contributed by atoms with van der Waals surface area (Å²) in [6, 6.07) is 4.84. The number of imide groups is 1. The first-order chi connectivity index (χ1) is 9.00. The predicted octanol–water partition coefficient (Wildman–Crippen LogP) is 0.738. The number of amides is 2. The summed E-state index contributed by atoms with van der Waals surface area (Å²) in [7, 11) is 1.45. The molecule has 2 aromatic rings. The number of carbonyl (C=O) groups is 2. The quantitative estimate of drug-likeness (QED) is 0.591. The van der Waals surface area contributed by atoms with E-state index in [0.29, 0.717) is 21.6 Å². The third-order valence-electron chi connectivity index (χ3n) is 3.03. The van der Waals surface area contributed by atoms with Crippen LogP contribution >= 0.6 is 12.2 Å². The third-order valence-corrected chi connectivity index (χ3v) is 3.30. The van der Waals surface area contributed by atoms with Crippen LogP contribution in [0, 0.1) is 4.77 Å². The van der Waals surface area contributed by atoms with Crippen molar-refractivity contribution in [3.8, 4) is 5.69 Å². The van der Waals surface area contributed by atoms with E-state index in [9.17, 15) is 9.59 Å². The number of benzene rings is 1. The molecule has 0 aliphatic carbocycles. The first-order valence-electron chi connectivity index (χ1n) is 5.40. The minimum Gasteiger partial charge on any atom is -0.368 e. The van der Waals surface area contributed by atoms with Crippen LogP contribution in [0.1, 0.15) is 20.7 Å². The minimum atomic E-state index is -0.338. The molecular weight excluding hydrogens is 266 g/mol. The second-order valence-electron chi connectivity index (χ2n) is 4.12. The number of nitrogens with zero attached hydrogens (tertiary/aromatic N) is 3. The van der Waals surface area contributed by atoms with Gasteiger partial charge in [-0.1, -0.05) is 0 Å². The average Bonchev–Trinajstić information content (AvgIpc) is 2.84. The maximum atomic E-state index is 11.9. The van der Waals surface area contributed by atoms with Gasteiger partial charge in [-0.15, -0.1) is 5.10 Å². The van der Waals surface area contributed by atoms with Crippen molar-refractivity contribution >= 4 is 30.0 Å². The fourth-order valence-electron chi connectivity index (χ4n) is 2.05. The highest BCUT2D eigenvalue weighted by Gasteiger charge is 2.32. The number of anilines is 1. The molecule has 1 aliphatic heterocycles. The Kier molecular flexibility index (Phi) is 2.29. The van der Waals surface area contributed by atoms with Gasteiger partial charge in [0.2, 0.25) is 10.7 Å². The lowest BCUT2D eigenvalue weighted by Gasteiger charge is -2.04. The topological polar surface area (TPSA) is 97.0 Å². The number of fused-ring (bicyclic) bond motifs is 1. The van der Waals surface area contributed by atoms with Gasteiger partial charge in [-0.05, 0) is 30.4 Å². The summed E-state index contributed by atoms with van der Waals surface area (Å²) in [4.78, 5) is 24.8. The molecule has 0 atom stereocenters. The number of aromatic nitrogens is 3. The van der Waals surface area contributed by atoms with Crippen molar-refractivity contribution in [2.24, 2.45) is 0 Å². The van der Waals surface area contributed by atoms with Gasteiger partial charge < -0.3 is 5.73 Å². The molecule has 0 bridgehead atoms. The number of nitrogens with two attached hydrogens (primary N) is 1. The van der Waals surface area contributed by atoms with Crippen molar-refractivity contribution in [1.29, 1.82) is 0 Å². The summed E-state index contributed by atoms with van der Waals surface area (Å²) in [5.41, 5.74) is 7.01. The molecule has 0 saturated carbocycles. The van der Waals surface area contributed by atoms with Gasteiger partial charge in [0, 0.05) is 7.05 Å². The molecule has 0 saturated heterocycles. The van der Waals surface area contributed by atoms with Gasteiger partial charge >= 0.3 is 0 Å². The summed E-state index contributed by atoms with van der Waals surface area (Å²) < 4.78 is 1.81. The number of carbonyl (C=O) groups excluding carboxylic acids is 2. The maximum Gasteiger partial charge on any atom is 0.261 e. The van der Waals surface area contributed by atoms with Crippen LogP contribution in [0.5, 0.6) is 0 Å². The number of aromatic amines is 1. The summed E-state index contributed by atoms with van der Waals surface area (Å²) in [5.74, 6) is -0.458. The zero-order valence-electron chi connectivity index (χ0n) is 9.88. The summed E-state index contributed by atoms with van der Waals surface area (Å²) >= 11 is 5.06. The van der Waals surface area contributed by atoms with E-state index >= 15 is 0 Å². The number of H-pyrrole nitrogens is 1. The molecule has 8 heteroatoms. The van der Waals surface area contributed by atoms with Crippen LogP contribution < -0.4 is 5.73 Å². The Morgan fingerprint density at radius 3 is 2.58 bits per heavy atom. The average molecular weight is 275 g/mol. The molecule has 0 radical (unpaired) electrons. The van der Waals surface area contributed by atoms with E-state index in [1.54, 1.807) is 18.2 Å². The molecule has 0 spiro atoms. The van der Waals surface area contributed by atoms with Gasteiger partial charge in [0.1, 0.15) is 0 Å². The largest absolute Gasteiger partial charge is 0.368 e. The van der Waals surface area contributed by atoms with Crippen molar-refractivity contribution in [1.82, 2.24) is 19.7 Å². The second-order valence-corrected chi connectivity index (χ2v) is 4.51. The van der Waals surface area contributed by atoms with E-state index in [1.165, 1.54) is 11.6 Å². The molecule has 0 fully saturated rings. The monoisotopic (exact) mass is 275 g/mol. The van der Waals surface area contributed by atoms with Crippen molar-refractivity contribution in [2.45, 2.75) is 0 Å². The SMILES string of the molecule is CN1C(=O)c2ccc(-n3c(N)n[nH]c3=S)cc2C1=O. The van der Waals surface area contributed by atoms with Crippen molar-refractivity contribution < 1.29 is 9.59 Å². The van der Waals surface area contributed by atoms with Gasteiger partial charge in [-0.2, -0.15) is 0 Å². The van der Waals surface area contributed by atoms with Crippen LogP contribution in [0.4, 0.5) is 5.95 Å². The second kappa shape index (κ2) is 3.75. The van der Waals surface area contributed by atoms with Crippen LogP contribution in [0.25, 0.3) is 5.69 Å². The first-order valence-corrected chi connectivity index (χ1v) is 5.81. The summed E-state index contributed by atoms with van der Waals surface area (Å²) in [6.07, 6.45) is 0. The molecule has 2 heterocycles. The Morgan fingerprint density at radius 2 is 1.95 bits per heavy atom.